The van der Waals surface area contributed by atoms with Crippen LogP contribution in [-0.4, -0.2) is 36.3 Å². The number of hydrogen-bond acceptors (Lipinski definition) is 6. The third-order valence-electron chi connectivity index (χ3n) is 6.34. The number of amides is 2. The molecule has 1 aliphatic rings. The Morgan fingerprint density at radius 3 is 2.44 bits per heavy atom. The SMILES string of the molecule is CCOC(=O)CC1OC(c2cccc(CNC(=O)OC(C)(C)C)c2)c2cc(Cl)ccc2N(Cc2ccccc2)C1=O. The van der Waals surface area contributed by atoms with E-state index in [9.17, 15) is 14.4 Å². The third kappa shape index (κ3) is 8.08. The molecule has 1 aliphatic heterocycles. The van der Waals surface area contributed by atoms with Gasteiger partial charge in [0.05, 0.1) is 25.3 Å². The van der Waals surface area contributed by atoms with Gasteiger partial charge in [-0.05, 0) is 62.6 Å². The Morgan fingerprint density at radius 2 is 1.73 bits per heavy atom. The molecule has 216 valence electrons. The summed E-state index contributed by atoms with van der Waals surface area (Å²) in [4.78, 5) is 40.4. The van der Waals surface area contributed by atoms with Crippen molar-refractivity contribution in [2.24, 2.45) is 0 Å². The number of esters is 1. The maximum atomic E-state index is 14.0. The fourth-order valence-electron chi connectivity index (χ4n) is 4.62. The number of hydrogen-bond donors (Lipinski definition) is 1. The molecule has 1 N–H and O–H groups in total. The maximum Gasteiger partial charge on any atom is 0.407 e. The third-order valence-corrected chi connectivity index (χ3v) is 6.57. The summed E-state index contributed by atoms with van der Waals surface area (Å²) in [6.07, 6.45) is -2.59. The zero-order chi connectivity index (χ0) is 29.6. The van der Waals surface area contributed by atoms with Crippen LogP contribution in [0, 0.1) is 0 Å². The van der Waals surface area contributed by atoms with Gasteiger partial charge in [-0.2, -0.15) is 0 Å². The van der Waals surface area contributed by atoms with Gasteiger partial charge in [0.15, 0.2) is 0 Å². The van der Waals surface area contributed by atoms with Crippen molar-refractivity contribution in [3.8, 4) is 0 Å². The minimum atomic E-state index is -1.10. The molecule has 0 aliphatic carbocycles. The lowest BCUT2D eigenvalue weighted by molar-refractivity contribution is -0.151. The van der Waals surface area contributed by atoms with Gasteiger partial charge in [-0.15, -0.1) is 0 Å². The molecule has 0 spiro atoms. The summed E-state index contributed by atoms with van der Waals surface area (Å²) < 4.78 is 17.0. The summed E-state index contributed by atoms with van der Waals surface area (Å²) in [6, 6.07) is 22.4. The predicted octanol–water partition coefficient (Wildman–Crippen LogP) is 6.34. The number of ether oxygens (including phenoxy) is 3. The van der Waals surface area contributed by atoms with Crippen LogP contribution in [0.1, 0.15) is 62.5 Å². The van der Waals surface area contributed by atoms with Gasteiger partial charge in [0.1, 0.15) is 17.8 Å². The fourth-order valence-corrected chi connectivity index (χ4v) is 4.80. The molecule has 0 fully saturated rings. The highest BCUT2D eigenvalue weighted by atomic mass is 35.5. The number of carbonyl (C=O) groups excluding carboxylic acids is 3. The Balaban J connectivity index is 1.72. The van der Waals surface area contributed by atoms with Gasteiger partial charge in [0.25, 0.3) is 5.91 Å². The van der Waals surface area contributed by atoms with E-state index in [-0.39, 0.29) is 32.0 Å². The summed E-state index contributed by atoms with van der Waals surface area (Å²) in [5.74, 6) is -0.876. The van der Waals surface area contributed by atoms with Crippen molar-refractivity contribution in [1.82, 2.24) is 5.32 Å². The highest BCUT2D eigenvalue weighted by molar-refractivity contribution is 6.30. The van der Waals surface area contributed by atoms with E-state index in [1.54, 1.807) is 50.8 Å². The van der Waals surface area contributed by atoms with Crippen LogP contribution in [0.2, 0.25) is 5.02 Å². The molecule has 0 bridgehead atoms. The number of halogens is 1. The Hall–Kier alpha value is -3.88. The van der Waals surface area contributed by atoms with E-state index in [4.69, 9.17) is 25.8 Å². The number of rotatable bonds is 8. The number of nitrogens with one attached hydrogen (secondary N) is 1. The van der Waals surface area contributed by atoms with Crippen molar-refractivity contribution in [1.29, 1.82) is 0 Å². The molecular formula is C32H35ClN2O6. The highest BCUT2D eigenvalue weighted by Gasteiger charge is 2.38. The summed E-state index contributed by atoms with van der Waals surface area (Å²) in [7, 11) is 0. The van der Waals surface area contributed by atoms with E-state index in [0.717, 1.165) is 16.7 Å². The molecule has 0 saturated heterocycles. The van der Waals surface area contributed by atoms with Crippen LogP contribution in [0.4, 0.5) is 10.5 Å². The second kappa shape index (κ2) is 13.2. The van der Waals surface area contributed by atoms with Crippen LogP contribution in [0.25, 0.3) is 0 Å². The van der Waals surface area contributed by atoms with Gasteiger partial charge in [-0.1, -0.05) is 66.2 Å². The monoisotopic (exact) mass is 578 g/mol. The van der Waals surface area contributed by atoms with Gasteiger partial charge in [-0.3, -0.25) is 9.59 Å². The van der Waals surface area contributed by atoms with Crippen LogP contribution in [0.5, 0.6) is 0 Å². The minimum absolute atomic E-state index is 0.194. The first-order valence-corrected chi connectivity index (χ1v) is 13.9. The number of carbonyl (C=O) groups is 3. The molecule has 0 aromatic heterocycles. The van der Waals surface area contributed by atoms with Crippen molar-refractivity contribution in [3.05, 3.63) is 100 Å². The molecular weight excluding hydrogens is 544 g/mol. The van der Waals surface area contributed by atoms with Crippen molar-refractivity contribution in [2.45, 2.75) is 65.0 Å². The first-order chi connectivity index (χ1) is 19.5. The van der Waals surface area contributed by atoms with Gasteiger partial charge in [0, 0.05) is 17.1 Å². The Morgan fingerprint density at radius 1 is 1.00 bits per heavy atom. The number of alkyl carbamates (subject to hydrolysis) is 1. The summed E-state index contributed by atoms with van der Waals surface area (Å²) in [5.41, 5.74) is 3.17. The van der Waals surface area contributed by atoms with Crippen LogP contribution in [0.15, 0.2) is 72.8 Å². The smallest absolute Gasteiger partial charge is 0.407 e. The first kappa shape index (κ1) is 30.1. The summed E-state index contributed by atoms with van der Waals surface area (Å²) >= 11 is 6.46. The number of nitrogens with zero attached hydrogens (tertiary/aromatic N) is 1. The number of fused-ring (bicyclic) bond motifs is 1. The standard InChI is InChI=1S/C32H35ClN2O6/c1-5-39-28(36)18-27-30(37)35(20-21-10-7-6-8-11-21)26-15-14-24(33)17-25(26)29(40-27)23-13-9-12-22(16-23)19-34-31(38)41-32(2,3)4/h6-17,27,29H,5,18-20H2,1-4H3,(H,34,38). The molecule has 0 radical (unpaired) electrons. The Kier molecular flexibility index (Phi) is 9.68. The average molecular weight is 579 g/mol. The maximum absolute atomic E-state index is 14.0. The Labute approximate surface area is 245 Å². The average Bonchev–Trinajstić information content (AvgIpc) is 3.02. The lowest BCUT2D eigenvalue weighted by Crippen LogP contribution is -2.40. The van der Waals surface area contributed by atoms with Crippen molar-refractivity contribution < 1.29 is 28.6 Å². The Bertz CT molecular complexity index is 1390. The van der Waals surface area contributed by atoms with E-state index in [0.29, 0.717) is 16.3 Å². The van der Waals surface area contributed by atoms with Gasteiger partial charge in [0.2, 0.25) is 0 Å². The van der Waals surface area contributed by atoms with Gasteiger partial charge in [-0.25, -0.2) is 4.79 Å². The van der Waals surface area contributed by atoms with Gasteiger partial charge < -0.3 is 24.4 Å². The predicted molar refractivity (Wildman–Crippen MR) is 157 cm³/mol. The molecule has 8 nitrogen and oxygen atoms in total. The van der Waals surface area contributed by atoms with E-state index >= 15 is 0 Å². The number of anilines is 1. The quantitative estimate of drug-likeness (QED) is 0.314. The van der Waals surface area contributed by atoms with E-state index in [1.807, 2.05) is 54.6 Å². The van der Waals surface area contributed by atoms with Gasteiger partial charge >= 0.3 is 12.1 Å². The first-order valence-electron chi connectivity index (χ1n) is 13.6. The molecule has 0 saturated carbocycles. The molecule has 2 unspecified atom stereocenters. The van der Waals surface area contributed by atoms with Crippen molar-refractivity contribution in [3.63, 3.8) is 0 Å². The fraction of sp³-hybridized carbons (Fsp3) is 0.344. The largest absolute Gasteiger partial charge is 0.466 e. The van der Waals surface area contributed by atoms with Crippen molar-refractivity contribution in [2.75, 3.05) is 11.5 Å². The zero-order valence-electron chi connectivity index (χ0n) is 23.7. The minimum Gasteiger partial charge on any atom is -0.466 e. The lowest BCUT2D eigenvalue weighted by atomic mass is 9.97. The summed E-state index contributed by atoms with van der Waals surface area (Å²) in [6.45, 7) is 7.82. The molecule has 3 aromatic rings. The highest BCUT2D eigenvalue weighted by Crippen LogP contribution is 2.40. The van der Waals surface area contributed by atoms with Crippen molar-refractivity contribution >= 4 is 35.3 Å². The lowest BCUT2D eigenvalue weighted by Gasteiger charge is -2.25. The molecule has 4 rings (SSSR count). The van der Waals surface area contributed by atoms with Crippen LogP contribution < -0.4 is 10.2 Å². The molecule has 2 atom stereocenters. The molecule has 2 amide bonds. The van der Waals surface area contributed by atoms with E-state index in [2.05, 4.69) is 5.32 Å². The second-order valence-corrected chi connectivity index (χ2v) is 11.2. The zero-order valence-corrected chi connectivity index (χ0v) is 24.4. The van der Waals surface area contributed by atoms with E-state index in [1.165, 1.54) is 0 Å². The molecule has 1 heterocycles. The topological polar surface area (TPSA) is 94.2 Å². The molecule has 3 aromatic carbocycles. The van der Waals surface area contributed by atoms with Crippen LogP contribution in [0.3, 0.4) is 0 Å². The second-order valence-electron chi connectivity index (χ2n) is 10.7. The summed E-state index contributed by atoms with van der Waals surface area (Å²) in [5, 5.41) is 3.25. The molecule has 9 heteroatoms. The van der Waals surface area contributed by atoms with Crippen LogP contribution in [-0.2, 0) is 36.9 Å². The van der Waals surface area contributed by atoms with Crippen LogP contribution >= 0.6 is 11.6 Å². The van der Waals surface area contributed by atoms with E-state index < -0.39 is 29.9 Å². The number of benzene rings is 3. The molecule has 41 heavy (non-hydrogen) atoms. The normalized spacial score (nSPS) is 16.9.